The van der Waals surface area contributed by atoms with E-state index in [4.69, 9.17) is 5.26 Å². The highest BCUT2D eigenvalue weighted by Crippen LogP contribution is 2.22. The molecule has 0 aliphatic heterocycles. The van der Waals surface area contributed by atoms with Crippen LogP contribution in [0.15, 0.2) is 71.7 Å². The first-order valence-electron chi connectivity index (χ1n) is 7.76. The van der Waals surface area contributed by atoms with Gasteiger partial charge in [-0.3, -0.25) is 4.79 Å². The molecule has 1 atom stereocenters. The highest BCUT2D eigenvalue weighted by atomic mass is 16.3. The van der Waals surface area contributed by atoms with E-state index in [0.717, 1.165) is 11.3 Å². The Morgan fingerprint density at radius 1 is 1.08 bits per heavy atom. The van der Waals surface area contributed by atoms with Crippen molar-refractivity contribution in [3.63, 3.8) is 0 Å². The van der Waals surface area contributed by atoms with Crippen LogP contribution in [0.2, 0.25) is 0 Å². The second-order valence-corrected chi connectivity index (χ2v) is 5.69. The number of hydrogen-bond donors (Lipinski definition) is 2. The van der Waals surface area contributed by atoms with E-state index in [2.05, 4.69) is 6.07 Å². The predicted molar refractivity (Wildman–Crippen MR) is 93.5 cm³/mol. The summed E-state index contributed by atoms with van der Waals surface area (Å²) >= 11 is 0. The lowest BCUT2D eigenvalue weighted by molar-refractivity contribution is 0.170. The summed E-state index contributed by atoms with van der Waals surface area (Å²) in [5.74, 6) is -0.383. The lowest BCUT2D eigenvalue weighted by Crippen LogP contribution is -2.16. The Morgan fingerprint density at radius 3 is 2.56 bits per heavy atom. The van der Waals surface area contributed by atoms with Gasteiger partial charge in [-0.15, -0.1) is 0 Å². The van der Waals surface area contributed by atoms with Crippen LogP contribution in [0.5, 0.6) is 5.75 Å². The van der Waals surface area contributed by atoms with Gasteiger partial charge in [0.25, 0.3) is 0 Å². The number of benzene rings is 2. The second-order valence-electron chi connectivity index (χ2n) is 5.69. The largest absolute Gasteiger partial charge is 0.503 e. The zero-order valence-electron chi connectivity index (χ0n) is 13.3. The molecule has 0 fully saturated rings. The molecule has 0 amide bonds. The summed E-state index contributed by atoms with van der Waals surface area (Å²) in [4.78, 5) is 11.9. The summed E-state index contributed by atoms with van der Waals surface area (Å²) in [6.07, 6.45) is 0.580. The van der Waals surface area contributed by atoms with Crippen LogP contribution in [-0.2, 0) is 6.42 Å². The molecule has 1 unspecified atom stereocenters. The minimum Gasteiger partial charge on any atom is -0.503 e. The molecule has 0 aliphatic carbocycles. The fourth-order valence-corrected chi connectivity index (χ4v) is 2.70. The average molecular weight is 332 g/mol. The van der Waals surface area contributed by atoms with Gasteiger partial charge in [0.15, 0.2) is 5.75 Å². The van der Waals surface area contributed by atoms with Gasteiger partial charge in [0.2, 0.25) is 5.43 Å². The van der Waals surface area contributed by atoms with Crippen molar-refractivity contribution in [2.24, 2.45) is 0 Å². The van der Waals surface area contributed by atoms with Gasteiger partial charge in [-0.25, -0.2) is 0 Å². The number of hydrogen-bond acceptors (Lipinski definition) is 4. The average Bonchev–Trinajstić information content (AvgIpc) is 2.64. The lowest BCUT2D eigenvalue weighted by Gasteiger charge is -2.18. The van der Waals surface area contributed by atoms with Crippen molar-refractivity contribution in [1.82, 2.24) is 4.57 Å². The number of nitriles is 1. The standard InChI is InChI=1S/C20H16N2O3/c21-12-15-6-4-5-14(9-15)10-18(23)17-11-19(24)20(25)13-22(17)16-7-2-1-3-8-16/h1-9,11,13,18,23,25H,10H2. The van der Waals surface area contributed by atoms with Crippen molar-refractivity contribution in [2.75, 3.05) is 0 Å². The summed E-state index contributed by atoms with van der Waals surface area (Å²) in [5.41, 5.74) is 1.84. The minimum atomic E-state index is -0.970. The monoisotopic (exact) mass is 332 g/mol. The third-order valence-electron chi connectivity index (χ3n) is 3.92. The maximum atomic E-state index is 11.9. The number of pyridine rings is 1. The Hall–Kier alpha value is -3.36. The Bertz CT molecular complexity index is 988. The van der Waals surface area contributed by atoms with Gasteiger partial charge in [0.1, 0.15) is 0 Å². The highest BCUT2D eigenvalue weighted by Gasteiger charge is 2.16. The van der Waals surface area contributed by atoms with E-state index in [1.807, 2.05) is 36.4 Å². The van der Waals surface area contributed by atoms with Crippen molar-refractivity contribution in [3.8, 4) is 17.5 Å². The maximum Gasteiger partial charge on any atom is 0.223 e. The molecule has 5 nitrogen and oxygen atoms in total. The van der Waals surface area contributed by atoms with Crippen LogP contribution < -0.4 is 5.43 Å². The van der Waals surface area contributed by atoms with E-state index in [1.54, 1.807) is 22.8 Å². The Balaban J connectivity index is 2.02. The number of rotatable bonds is 4. The molecule has 25 heavy (non-hydrogen) atoms. The Morgan fingerprint density at radius 2 is 1.84 bits per heavy atom. The molecule has 1 heterocycles. The van der Waals surface area contributed by atoms with Gasteiger partial charge in [0, 0.05) is 18.2 Å². The van der Waals surface area contributed by atoms with Gasteiger partial charge in [-0.05, 0) is 29.8 Å². The minimum absolute atomic E-state index is 0.243. The normalized spacial score (nSPS) is 11.7. The molecule has 3 rings (SSSR count). The molecular formula is C20H16N2O3. The van der Waals surface area contributed by atoms with Crippen LogP contribution >= 0.6 is 0 Å². The molecule has 124 valence electrons. The van der Waals surface area contributed by atoms with E-state index < -0.39 is 11.5 Å². The fraction of sp³-hybridized carbons (Fsp3) is 0.100. The smallest absolute Gasteiger partial charge is 0.223 e. The maximum absolute atomic E-state index is 11.9. The molecule has 0 aliphatic rings. The van der Waals surface area contributed by atoms with Crippen molar-refractivity contribution in [1.29, 1.82) is 5.26 Å². The van der Waals surface area contributed by atoms with Crippen molar-refractivity contribution in [2.45, 2.75) is 12.5 Å². The first-order valence-corrected chi connectivity index (χ1v) is 7.76. The van der Waals surface area contributed by atoms with Crippen LogP contribution in [0.3, 0.4) is 0 Å². The molecule has 0 bridgehead atoms. The van der Waals surface area contributed by atoms with Gasteiger partial charge in [-0.1, -0.05) is 30.3 Å². The number of nitrogens with zero attached hydrogens (tertiary/aromatic N) is 2. The highest BCUT2D eigenvalue weighted by molar-refractivity contribution is 5.38. The van der Waals surface area contributed by atoms with Crippen molar-refractivity contribution < 1.29 is 10.2 Å². The number of aromatic nitrogens is 1. The van der Waals surface area contributed by atoms with Gasteiger partial charge in [-0.2, -0.15) is 5.26 Å². The van der Waals surface area contributed by atoms with E-state index in [0.29, 0.717) is 11.3 Å². The molecule has 0 saturated carbocycles. The SMILES string of the molecule is N#Cc1cccc(CC(O)c2cc(=O)c(O)cn2-c2ccccc2)c1. The first-order chi connectivity index (χ1) is 12.1. The van der Waals surface area contributed by atoms with E-state index in [1.165, 1.54) is 12.3 Å². The van der Waals surface area contributed by atoms with Crippen molar-refractivity contribution in [3.05, 3.63) is 93.9 Å². The fourth-order valence-electron chi connectivity index (χ4n) is 2.70. The van der Waals surface area contributed by atoms with E-state index >= 15 is 0 Å². The molecule has 1 aromatic heterocycles. The second kappa shape index (κ2) is 7.04. The molecule has 0 radical (unpaired) electrons. The van der Waals surface area contributed by atoms with Crippen LogP contribution in [-0.4, -0.2) is 14.8 Å². The van der Waals surface area contributed by atoms with Crippen molar-refractivity contribution >= 4 is 0 Å². The van der Waals surface area contributed by atoms with Gasteiger partial charge >= 0.3 is 0 Å². The number of aliphatic hydroxyl groups excluding tert-OH is 1. The topological polar surface area (TPSA) is 86.2 Å². The molecule has 0 saturated heterocycles. The quantitative estimate of drug-likeness (QED) is 0.769. The predicted octanol–water partition coefficient (Wildman–Crippen LogP) is 2.69. The zero-order valence-corrected chi connectivity index (χ0v) is 13.3. The zero-order chi connectivity index (χ0) is 17.8. The third-order valence-corrected chi connectivity index (χ3v) is 3.92. The number of aliphatic hydroxyl groups is 1. The van der Waals surface area contributed by atoms with E-state index in [-0.39, 0.29) is 12.2 Å². The summed E-state index contributed by atoms with van der Waals surface area (Å²) < 4.78 is 1.59. The third kappa shape index (κ3) is 3.60. The Labute approximate surface area is 144 Å². The van der Waals surface area contributed by atoms with Gasteiger partial charge in [0.05, 0.1) is 29.6 Å². The lowest BCUT2D eigenvalue weighted by atomic mass is 10.0. The molecule has 2 N–H and O–H groups in total. The van der Waals surface area contributed by atoms with Crippen LogP contribution in [0.4, 0.5) is 0 Å². The molecule has 0 spiro atoms. The number of aromatic hydroxyl groups is 1. The Kier molecular flexibility index (Phi) is 4.64. The summed E-state index contributed by atoms with van der Waals surface area (Å²) in [7, 11) is 0. The summed E-state index contributed by atoms with van der Waals surface area (Å²) in [6, 6.07) is 19.4. The first kappa shape index (κ1) is 16.5. The van der Waals surface area contributed by atoms with Crippen LogP contribution in [0.25, 0.3) is 5.69 Å². The summed E-state index contributed by atoms with van der Waals surface area (Å²) in [5, 5.41) is 29.4. The van der Waals surface area contributed by atoms with Crippen LogP contribution in [0, 0.1) is 11.3 Å². The molecule has 2 aromatic carbocycles. The van der Waals surface area contributed by atoms with Crippen LogP contribution in [0.1, 0.15) is 22.9 Å². The molecular weight excluding hydrogens is 316 g/mol. The summed E-state index contributed by atoms with van der Waals surface area (Å²) in [6.45, 7) is 0. The molecule has 5 heteroatoms. The number of para-hydroxylation sites is 1. The molecule has 3 aromatic rings. The van der Waals surface area contributed by atoms with Gasteiger partial charge < -0.3 is 14.8 Å². The van der Waals surface area contributed by atoms with E-state index in [9.17, 15) is 15.0 Å².